The SMILES string of the molecule is CCOc1ccccc1O[C@@H]1CCCN(c2cncc(Nc3cccc(Oc4ccc(CC(=O)O)cc4)n3)n2)C1. The summed E-state index contributed by atoms with van der Waals surface area (Å²) in [4.78, 5) is 26.7. The van der Waals surface area contributed by atoms with Gasteiger partial charge in [0.1, 0.15) is 23.5 Å². The van der Waals surface area contributed by atoms with E-state index in [1.165, 1.54) is 0 Å². The topological polar surface area (TPSA) is 119 Å². The monoisotopic (exact) mass is 541 g/mol. The molecule has 10 heteroatoms. The molecule has 0 bridgehead atoms. The molecule has 4 aromatic rings. The Bertz CT molecular complexity index is 1430. The number of anilines is 3. The Kier molecular flexibility index (Phi) is 8.55. The van der Waals surface area contributed by atoms with Gasteiger partial charge in [-0.2, -0.15) is 4.98 Å². The Labute approximate surface area is 232 Å². The van der Waals surface area contributed by atoms with Gasteiger partial charge in [0.05, 0.1) is 32.0 Å². The van der Waals surface area contributed by atoms with Crippen molar-refractivity contribution in [2.24, 2.45) is 0 Å². The van der Waals surface area contributed by atoms with Crippen molar-refractivity contribution in [2.75, 3.05) is 29.9 Å². The van der Waals surface area contributed by atoms with E-state index in [9.17, 15) is 4.79 Å². The molecule has 0 unspecified atom stereocenters. The lowest BCUT2D eigenvalue weighted by molar-refractivity contribution is -0.136. The molecule has 0 aliphatic carbocycles. The van der Waals surface area contributed by atoms with Gasteiger partial charge in [-0.25, -0.2) is 4.98 Å². The molecule has 2 N–H and O–H groups in total. The number of nitrogens with one attached hydrogen (secondary N) is 1. The maximum atomic E-state index is 10.9. The van der Waals surface area contributed by atoms with E-state index >= 15 is 0 Å². The molecule has 0 spiro atoms. The van der Waals surface area contributed by atoms with E-state index in [1.807, 2.05) is 43.3 Å². The summed E-state index contributed by atoms with van der Waals surface area (Å²) in [6.07, 6.45) is 5.28. The Hall–Kier alpha value is -4.86. The van der Waals surface area contributed by atoms with Gasteiger partial charge in [0, 0.05) is 12.6 Å². The molecule has 0 amide bonds. The van der Waals surface area contributed by atoms with Crippen molar-refractivity contribution < 1.29 is 24.1 Å². The summed E-state index contributed by atoms with van der Waals surface area (Å²) in [7, 11) is 0. The Morgan fingerprint density at radius 1 is 1.00 bits per heavy atom. The molecule has 1 aliphatic heterocycles. The molecule has 206 valence electrons. The second kappa shape index (κ2) is 12.8. The summed E-state index contributed by atoms with van der Waals surface area (Å²) >= 11 is 0. The molecule has 1 atom stereocenters. The van der Waals surface area contributed by atoms with E-state index in [-0.39, 0.29) is 12.5 Å². The summed E-state index contributed by atoms with van der Waals surface area (Å²) in [6, 6.07) is 20.0. The predicted molar refractivity (Wildman–Crippen MR) is 151 cm³/mol. The van der Waals surface area contributed by atoms with Gasteiger partial charge in [-0.1, -0.05) is 30.3 Å². The fourth-order valence-corrected chi connectivity index (χ4v) is 4.46. The minimum absolute atomic E-state index is 0.00228. The van der Waals surface area contributed by atoms with Crippen molar-refractivity contribution in [3.8, 4) is 23.1 Å². The molecule has 3 heterocycles. The number of aromatic nitrogens is 3. The second-order valence-corrected chi connectivity index (χ2v) is 9.27. The molecule has 5 rings (SSSR count). The lowest BCUT2D eigenvalue weighted by atomic mass is 10.1. The number of hydrogen-bond acceptors (Lipinski definition) is 9. The highest BCUT2D eigenvalue weighted by molar-refractivity contribution is 5.70. The molecule has 2 aromatic heterocycles. The zero-order chi connectivity index (χ0) is 27.7. The van der Waals surface area contributed by atoms with Crippen LogP contribution in [-0.2, 0) is 11.2 Å². The predicted octanol–water partition coefficient (Wildman–Crippen LogP) is 5.48. The average Bonchev–Trinajstić information content (AvgIpc) is 2.96. The van der Waals surface area contributed by atoms with Crippen LogP contribution in [0.3, 0.4) is 0 Å². The largest absolute Gasteiger partial charge is 0.490 e. The molecule has 0 radical (unpaired) electrons. The fourth-order valence-electron chi connectivity index (χ4n) is 4.46. The van der Waals surface area contributed by atoms with E-state index < -0.39 is 5.97 Å². The number of carbonyl (C=O) groups is 1. The van der Waals surface area contributed by atoms with E-state index in [2.05, 4.69) is 20.2 Å². The average molecular weight is 542 g/mol. The lowest BCUT2D eigenvalue weighted by Crippen LogP contribution is -2.41. The first kappa shape index (κ1) is 26.7. The van der Waals surface area contributed by atoms with Crippen molar-refractivity contribution in [3.05, 3.63) is 84.7 Å². The minimum atomic E-state index is -0.877. The maximum Gasteiger partial charge on any atom is 0.307 e. The number of aliphatic carboxylic acids is 1. The van der Waals surface area contributed by atoms with Gasteiger partial charge in [0.15, 0.2) is 17.3 Å². The molecule has 1 saturated heterocycles. The van der Waals surface area contributed by atoms with E-state index in [1.54, 1.807) is 42.7 Å². The van der Waals surface area contributed by atoms with Crippen molar-refractivity contribution in [3.63, 3.8) is 0 Å². The molecule has 2 aromatic carbocycles. The van der Waals surface area contributed by atoms with Crippen LogP contribution in [0.25, 0.3) is 0 Å². The summed E-state index contributed by atoms with van der Waals surface area (Å²) in [5.74, 6) is 3.45. The van der Waals surface area contributed by atoms with Crippen LogP contribution in [0.2, 0.25) is 0 Å². The summed E-state index contributed by atoms with van der Waals surface area (Å²) in [6.45, 7) is 4.09. The highest BCUT2D eigenvalue weighted by Gasteiger charge is 2.24. The van der Waals surface area contributed by atoms with Gasteiger partial charge < -0.3 is 29.5 Å². The van der Waals surface area contributed by atoms with Crippen LogP contribution in [-0.4, -0.2) is 51.8 Å². The standard InChI is InChI=1S/C30H31N5O5/c1-2-38-24-8-3-4-9-25(24)39-23-7-6-16-35(20-23)28-19-31-18-27(33-28)32-26-10-5-11-29(34-26)40-22-14-12-21(13-15-22)17-30(36)37/h3-5,8-15,18-19,23H,2,6-7,16-17,20H2,1H3,(H,36,37)(H,32,33,34)/t23-/m1/s1. The number of carboxylic acids is 1. The quantitative estimate of drug-likeness (QED) is 0.253. The number of ether oxygens (including phenoxy) is 3. The van der Waals surface area contributed by atoms with Crippen LogP contribution >= 0.6 is 0 Å². The van der Waals surface area contributed by atoms with Crippen LogP contribution in [0.4, 0.5) is 17.5 Å². The number of carboxylic acid groups (broad SMARTS) is 1. The van der Waals surface area contributed by atoms with Gasteiger partial charge in [-0.05, 0) is 55.7 Å². The summed E-state index contributed by atoms with van der Waals surface area (Å²) in [5.41, 5.74) is 0.698. The molecule has 40 heavy (non-hydrogen) atoms. The van der Waals surface area contributed by atoms with E-state index in [4.69, 9.17) is 24.3 Å². The number of piperidine rings is 1. The van der Waals surface area contributed by atoms with Crippen LogP contribution in [0, 0.1) is 0 Å². The smallest absolute Gasteiger partial charge is 0.307 e. The molecule has 1 aliphatic rings. The molecule has 1 fully saturated rings. The van der Waals surface area contributed by atoms with Crippen LogP contribution < -0.4 is 24.4 Å². The number of pyridine rings is 1. The molecular formula is C30H31N5O5. The Balaban J connectivity index is 1.22. The van der Waals surface area contributed by atoms with Crippen molar-refractivity contribution in [1.82, 2.24) is 15.0 Å². The molecule has 0 saturated carbocycles. The normalized spacial score (nSPS) is 14.8. The van der Waals surface area contributed by atoms with Crippen LogP contribution in [0.5, 0.6) is 23.1 Å². The zero-order valence-corrected chi connectivity index (χ0v) is 22.2. The van der Waals surface area contributed by atoms with Gasteiger partial charge >= 0.3 is 5.97 Å². The third kappa shape index (κ3) is 7.16. The number of nitrogens with zero attached hydrogens (tertiary/aromatic N) is 4. The molecule has 10 nitrogen and oxygen atoms in total. The number of rotatable bonds is 11. The first-order valence-electron chi connectivity index (χ1n) is 13.2. The zero-order valence-electron chi connectivity index (χ0n) is 22.2. The van der Waals surface area contributed by atoms with Crippen LogP contribution in [0.15, 0.2) is 79.1 Å². The van der Waals surface area contributed by atoms with Crippen molar-refractivity contribution in [1.29, 1.82) is 0 Å². The third-order valence-corrected chi connectivity index (χ3v) is 6.25. The second-order valence-electron chi connectivity index (χ2n) is 9.27. The fraction of sp³-hybridized carbons (Fsp3) is 0.267. The summed E-state index contributed by atoms with van der Waals surface area (Å²) < 4.78 is 17.9. The van der Waals surface area contributed by atoms with Gasteiger partial charge in [-0.15, -0.1) is 0 Å². The Morgan fingerprint density at radius 2 is 1.82 bits per heavy atom. The number of hydrogen-bond donors (Lipinski definition) is 2. The molecular weight excluding hydrogens is 510 g/mol. The minimum Gasteiger partial charge on any atom is -0.490 e. The van der Waals surface area contributed by atoms with Crippen LogP contribution in [0.1, 0.15) is 25.3 Å². The van der Waals surface area contributed by atoms with Crippen molar-refractivity contribution >= 4 is 23.4 Å². The van der Waals surface area contributed by atoms with Crippen molar-refractivity contribution in [2.45, 2.75) is 32.3 Å². The highest BCUT2D eigenvalue weighted by Crippen LogP contribution is 2.30. The number of benzene rings is 2. The maximum absolute atomic E-state index is 10.9. The summed E-state index contributed by atoms with van der Waals surface area (Å²) in [5, 5.41) is 12.1. The third-order valence-electron chi connectivity index (χ3n) is 6.25. The first-order valence-corrected chi connectivity index (χ1v) is 13.2. The highest BCUT2D eigenvalue weighted by atomic mass is 16.5. The van der Waals surface area contributed by atoms with Gasteiger partial charge in [0.25, 0.3) is 0 Å². The van der Waals surface area contributed by atoms with Gasteiger partial charge in [0.2, 0.25) is 5.88 Å². The van der Waals surface area contributed by atoms with E-state index in [0.717, 1.165) is 36.7 Å². The first-order chi connectivity index (χ1) is 19.6. The Morgan fingerprint density at radius 3 is 2.62 bits per heavy atom. The number of para-hydroxylation sites is 2. The van der Waals surface area contributed by atoms with E-state index in [0.29, 0.717) is 42.0 Å². The van der Waals surface area contributed by atoms with Gasteiger partial charge in [-0.3, -0.25) is 9.78 Å². The lowest BCUT2D eigenvalue weighted by Gasteiger charge is -2.33.